The molecule has 0 aliphatic rings. The van der Waals surface area contributed by atoms with Gasteiger partial charge in [0, 0.05) is 22.3 Å². The molecule has 1 aromatic heterocycles. The first kappa shape index (κ1) is 15.1. The summed E-state index contributed by atoms with van der Waals surface area (Å²) < 4.78 is 5.20. The fourth-order valence-electron chi connectivity index (χ4n) is 1.94. The smallest absolute Gasteiger partial charge is 0.250 e. The normalized spacial score (nSPS) is 10.2. The predicted molar refractivity (Wildman–Crippen MR) is 82.1 cm³/mol. The van der Waals surface area contributed by atoms with Crippen LogP contribution in [0, 0.1) is 6.92 Å². The summed E-state index contributed by atoms with van der Waals surface area (Å²) in [6.45, 7) is 1.67. The van der Waals surface area contributed by atoms with Gasteiger partial charge in [-0.05, 0) is 25.1 Å². The fraction of sp³-hybridized carbons (Fsp3) is 0.200. The molecule has 2 rings (SSSR count). The monoisotopic (exact) mass is 306 g/mol. The van der Waals surface area contributed by atoms with Gasteiger partial charge < -0.3 is 15.0 Å². The van der Waals surface area contributed by atoms with Crippen LogP contribution in [0.4, 0.5) is 5.69 Å². The van der Waals surface area contributed by atoms with E-state index in [1.165, 1.54) is 13.3 Å². The lowest BCUT2D eigenvalue weighted by molar-refractivity contribution is -0.115. The van der Waals surface area contributed by atoms with E-state index in [1.807, 2.05) is 0 Å². The Hall–Kier alpha value is -2.27. The van der Waals surface area contributed by atoms with Crippen LogP contribution in [-0.4, -0.2) is 18.0 Å². The second-order valence-electron chi connectivity index (χ2n) is 4.55. The molecule has 0 unspecified atom stereocenters. The van der Waals surface area contributed by atoms with Crippen molar-refractivity contribution in [2.45, 2.75) is 13.3 Å². The van der Waals surface area contributed by atoms with Gasteiger partial charge in [-0.2, -0.15) is 0 Å². The lowest BCUT2D eigenvalue weighted by atomic mass is 10.1. The molecule has 1 aromatic carbocycles. The molecule has 6 heteroatoms. The van der Waals surface area contributed by atoms with Gasteiger partial charge in [0.1, 0.15) is 5.75 Å². The molecule has 1 heterocycles. The van der Waals surface area contributed by atoms with Crippen molar-refractivity contribution >= 4 is 23.2 Å². The lowest BCUT2D eigenvalue weighted by Gasteiger charge is -2.10. The zero-order valence-electron chi connectivity index (χ0n) is 11.7. The lowest BCUT2D eigenvalue weighted by Crippen LogP contribution is -2.17. The number of amides is 1. The summed E-state index contributed by atoms with van der Waals surface area (Å²) in [7, 11) is 1.53. The number of anilines is 1. The number of ether oxygens (including phenoxy) is 1. The highest BCUT2D eigenvalue weighted by Crippen LogP contribution is 2.26. The van der Waals surface area contributed by atoms with E-state index < -0.39 is 0 Å². The molecule has 0 aliphatic heterocycles. The first-order valence-electron chi connectivity index (χ1n) is 6.32. The van der Waals surface area contributed by atoms with Crippen molar-refractivity contribution < 1.29 is 9.53 Å². The molecule has 1 amide bonds. The molecule has 0 bridgehead atoms. The zero-order valence-corrected chi connectivity index (χ0v) is 12.5. The quantitative estimate of drug-likeness (QED) is 0.912. The molecule has 0 aliphatic carbocycles. The maximum atomic E-state index is 12.1. The van der Waals surface area contributed by atoms with Crippen LogP contribution in [0.3, 0.4) is 0 Å². The number of methoxy groups -OCH3 is 1. The summed E-state index contributed by atoms with van der Waals surface area (Å²) >= 11 is 6.09. The fourth-order valence-corrected chi connectivity index (χ4v) is 2.17. The Kier molecular flexibility index (Phi) is 4.65. The van der Waals surface area contributed by atoms with E-state index in [9.17, 15) is 9.59 Å². The molecule has 0 fully saturated rings. The third kappa shape index (κ3) is 3.64. The number of aromatic amines is 1. The number of rotatable bonds is 4. The third-order valence-corrected chi connectivity index (χ3v) is 3.36. The summed E-state index contributed by atoms with van der Waals surface area (Å²) in [6.07, 6.45) is 1.54. The standard InChI is InChI=1S/C15H15ClN2O3/c1-9-6-10(8-17-15(9)20)18-14(19)7-11-12(16)4-3-5-13(11)21-2/h3-6,8H,7H2,1-2H3,(H,17,20)(H,18,19). The Balaban J connectivity index is 2.15. The third-order valence-electron chi connectivity index (χ3n) is 3.01. The van der Waals surface area contributed by atoms with Crippen molar-refractivity contribution in [3.05, 3.63) is 57.0 Å². The highest BCUT2D eigenvalue weighted by atomic mass is 35.5. The van der Waals surface area contributed by atoms with Crippen molar-refractivity contribution in [2.75, 3.05) is 12.4 Å². The van der Waals surface area contributed by atoms with E-state index in [1.54, 1.807) is 31.2 Å². The van der Waals surface area contributed by atoms with Crippen molar-refractivity contribution in [2.24, 2.45) is 0 Å². The molecule has 0 radical (unpaired) electrons. The SMILES string of the molecule is COc1cccc(Cl)c1CC(=O)Nc1c[nH]c(=O)c(C)c1. The van der Waals surface area contributed by atoms with Crippen LogP contribution >= 0.6 is 11.6 Å². The number of aryl methyl sites for hydroxylation is 1. The number of benzene rings is 1. The number of hydrogen-bond acceptors (Lipinski definition) is 3. The van der Waals surface area contributed by atoms with Gasteiger partial charge in [0.05, 0.1) is 19.2 Å². The van der Waals surface area contributed by atoms with Crippen molar-refractivity contribution in [1.82, 2.24) is 4.98 Å². The predicted octanol–water partition coefficient (Wildman–Crippen LogP) is 2.53. The molecule has 0 atom stereocenters. The van der Waals surface area contributed by atoms with Gasteiger partial charge in [-0.3, -0.25) is 9.59 Å². The Labute approximate surface area is 126 Å². The minimum absolute atomic E-state index is 0.0843. The van der Waals surface area contributed by atoms with E-state index in [-0.39, 0.29) is 17.9 Å². The van der Waals surface area contributed by atoms with Crippen LogP contribution in [-0.2, 0) is 11.2 Å². The van der Waals surface area contributed by atoms with Crippen LogP contribution in [0.2, 0.25) is 5.02 Å². The van der Waals surface area contributed by atoms with Gasteiger partial charge in [0.2, 0.25) is 5.91 Å². The number of halogens is 1. The van der Waals surface area contributed by atoms with E-state index >= 15 is 0 Å². The van der Waals surface area contributed by atoms with Gasteiger partial charge >= 0.3 is 0 Å². The van der Waals surface area contributed by atoms with Crippen molar-refractivity contribution in [1.29, 1.82) is 0 Å². The topological polar surface area (TPSA) is 71.2 Å². The van der Waals surface area contributed by atoms with Gasteiger partial charge in [0.25, 0.3) is 5.56 Å². The number of hydrogen-bond donors (Lipinski definition) is 2. The van der Waals surface area contributed by atoms with Crippen LogP contribution in [0.15, 0.2) is 35.3 Å². The number of aromatic nitrogens is 1. The summed E-state index contributed by atoms with van der Waals surface area (Å²) in [5, 5.41) is 3.19. The van der Waals surface area contributed by atoms with E-state index in [0.717, 1.165) is 0 Å². The number of carbonyl (C=O) groups is 1. The first-order valence-corrected chi connectivity index (χ1v) is 6.69. The number of H-pyrrole nitrogens is 1. The molecule has 0 saturated heterocycles. The number of carbonyl (C=O) groups excluding carboxylic acids is 1. The Morgan fingerprint density at radius 2 is 2.19 bits per heavy atom. The summed E-state index contributed by atoms with van der Waals surface area (Å²) in [4.78, 5) is 25.9. The highest BCUT2D eigenvalue weighted by Gasteiger charge is 2.12. The molecule has 2 N–H and O–H groups in total. The summed E-state index contributed by atoms with van der Waals surface area (Å²) in [6, 6.07) is 6.82. The molecular formula is C15H15ClN2O3. The molecule has 0 spiro atoms. The highest BCUT2D eigenvalue weighted by molar-refractivity contribution is 6.31. The molecular weight excluding hydrogens is 292 g/mol. The van der Waals surface area contributed by atoms with Gasteiger partial charge in [-0.25, -0.2) is 0 Å². The minimum Gasteiger partial charge on any atom is -0.496 e. The average molecular weight is 307 g/mol. The minimum atomic E-state index is -0.243. The van der Waals surface area contributed by atoms with Gasteiger partial charge in [-0.15, -0.1) is 0 Å². The van der Waals surface area contributed by atoms with Gasteiger partial charge in [-0.1, -0.05) is 17.7 Å². The van der Waals surface area contributed by atoms with E-state index in [2.05, 4.69) is 10.3 Å². The Bertz CT molecular complexity index is 725. The first-order chi connectivity index (χ1) is 10.0. The molecule has 110 valence electrons. The Morgan fingerprint density at radius 1 is 1.43 bits per heavy atom. The maximum absolute atomic E-state index is 12.1. The van der Waals surface area contributed by atoms with Crippen LogP contribution in [0.25, 0.3) is 0 Å². The molecule has 21 heavy (non-hydrogen) atoms. The average Bonchev–Trinajstić information content (AvgIpc) is 2.45. The van der Waals surface area contributed by atoms with Crippen molar-refractivity contribution in [3.63, 3.8) is 0 Å². The zero-order chi connectivity index (χ0) is 15.4. The molecule has 5 nitrogen and oxygen atoms in total. The summed E-state index contributed by atoms with van der Waals surface area (Å²) in [5.41, 5.74) is 1.51. The van der Waals surface area contributed by atoms with E-state index in [0.29, 0.717) is 27.6 Å². The maximum Gasteiger partial charge on any atom is 0.250 e. The van der Waals surface area contributed by atoms with Crippen LogP contribution in [0.1, 0.15) is 11.1 Å². The number of nitrogens with one attached hydrogen (secondary N) is 2. The Morgan fingerprint density at radius 3 is 2.86 bits per heavy atom. The number of pyridine rings is 1. The second-order valence-corrected chi connectivity index (χ2v) is 4.95. The van der Waals surface area contributed by atoms with Crippen molar-refractivity contribution in [3.8, 4) is 5.75 Å². The van der Waals surface area contributed by atoms with Crippen LogP contribution < -0.4 is 15.6 Å². The molecule has 0 saturated carbocycles. The van der Waals surface area contributed by atoms with Gasteiger partial charge in [0.15, 0.2) is 0 Å². The largest absolute Gasteiger partial charge is 0.496 e. The summed E-state index contributed by atoms with van der Waals surface area (Å²) in [5.74, 6) is 0.322. The van der Waals surface area contributed by atoms with E-state index in [4.69, 9.17) is 16.3 Å². The van der Waals surface area contributed by atoms with Crippen LogP contribution in [0.5, 0.6) is 5.75 Å². The molecule has 2 aromatic rings. The second kappa shape index (κ2) is 6.45.